The summed E-state index contributed by atoms with van der Waals surface area (Å²) in [6, 6.07) is 19.3. The number of thioether (sulfide) groups is 1. The fourth-order valence-electron chi connectivity index (χ4n) is 2.32. The molecule has 5 nitrogen and oxygen atoms in total. The Hall–Kier alpha value is -2.60. The molecule has 0 saturated carbocycles. The van der Waals surface area contributed by atoms with E-state index in [1.165, 1.54) is 11.8 Å². The van der Waals surface area contributed by atoms with Crippen LogP contribution in [0.3, 0.4) is 0 Å². The molecule has 1 aromatic heterocycles. The van der Waals surface area contributed by atoms with E-state index in [1.807, 2.05) is 72.2 Å². The molecule has 0 saturated heterocycles. The van der Waals surface area contributed by atoms with E-state index in [4.69, 9.17) is 5.73 Å². The minimum atomic E-state index is -0.512. The number of hydrogen-bond donors (Lipinski definition) is 1. The number of nitrogens with two attached hydrogens (primary N) is 1. The summed E-state index contributed by atoms with van der Waals surface area (Å²) in [5.41, 5.74) is 7.40. The highest BCUT2D eigenvalue weighted by Crippen LogP contribution is 2.35. The van der Waals surface area contributed by atoms with Crippen molar-refractivity contribution in [1.29, 1.82) is 0 Å². The molecule has 1 unspecified atom stereocenters. The molecule has 6 heteroatoms. The lowest BCUT2D eigenvalue weighted by atomic mass is 10.1. The summed E-state index contributed by atoms with van der Waals surface area (Å²) in [5.74, 6) is 0.358. The van der Waals surface area contributed by atoms with Crippen molar-refractivity contribution in [3.63, 3.8) is 0 Å². The Kier molecular flexibility index (Phi) is 4.43. The zero-order valence-corrected chi connectivity index (χ0v) is 13.4. The topological polar surface area (TPSA) is 73.8 Å². The van der Waals surface area contributed by atoms with E-state index in [0.29, 0.717) is 5.16 Å². The average Bonchev–Trinajstić information content (AvgIpc) is 2.94. The molecule has 0 fully saturated rings. The first-order chi connectivity index (χ1) is 11.2. The highest BCUT2D eigenvalue weighted by Gasteiger charge is 2.23. The largest absolute Gasteiger partial charge is 0.368 e. The van der Waals surface area contributed by atoms with Gasteiger partial charge in [-0.25, -0.2) is 0 Å². The summed E-state index contributed by atoms with van der Waals surface area (Å²) in [5, 5.41) is 8.48. The molecule has 0 aliphatic rings. The fraction of sp³-hybridized carbons (Fsp3) is 0.118. The van der Waals surface area contributed by atoms with Crippen LogP contribution in [-0.2, 0) is 4.79 Å². The number of nitrogens with zero attached hydrogens (tertiary/aromatic N) is 3. The molecule has 1 heterocycles. The third-order valence-electron chi connectivity index (χ3n) is 3.39. The van der Waals surface area contributed by atoms with Crippen molar-refractivity contribution in [2.24, 2.45) is 5.73 Å². The van der Waals surface area contributed by atoms with Gasteiger partial charge < -0.3 is 5.73 Å². The maximum absolute atomic E-state index is 11.9. The predicted molar refractivity (Wildman–Crippen MR) is 90.3 cm³/mol. The molecule has 0 spiro atoms. The van der Waals surface area contributed by atoms with Gasteiger partial charge >= 0.3 is 0 Å². The molecule has 0 aliphatic heterocycles. The van der Waals surface area contributed by atoms with Gasteiger partial charge in [0.05, 0.1) is 0 Å². The molecule has 116 valence electrons. The Morgan fingerprint density at radius 1 is 1.04 bits per heavy atom. The van der Waals surface area contributed by atoms with Gasteiger partial charge in [-0.1, -0.05) is 60.3 Å². The smallest absolute Gasteiger partial charge is 0.235 e. The number of para-hydroxylation sites is 1. The van der Waals surface area contributed by atoms with Crippen LogP contribution in [0.2, 0.25) is 0 Å². The minimum absolute atomic E-state index is 0.401. The first-order valence-corrected chi connectivity index (χ1v) is 8.03. The molecule has 0 radical (unpaired) electrons. The normalized spacial score (nSPS) is 12.0. The Labute approximate surface area is 138 Å². The molecule has 3 rings (SSSR count). The van der Waals surface area contributed by atoms with Gasteiger partial charge in [0, 0.05) is 5.69 Å². The summed E-state index contributed by atoms with van der Waals surface area (Å²) in [7, 11) is 0. The first kappa shape index (κ1) is 15.3. The number of aromatic nitrogens is 3. The summed E-state index contributed by atoms with van der Waals surface area (Å²) < 4.78 is 1.92. The van der Waals surface area contributed by atoms with Crippen LogP contribution < -0.4 is 5.73 Å². The highest BCUT2D eigenvalue weighted by atomic mass is 32.2. The molecule has 3 aromatic rings. The molecule has 1 amide bonds. The van der Waals surface area contributed by atoms with Crippen LogP contribution in [0, 0.1) is 6.92 Å². The van der Waals surface area contributed by atoms with Crippen molar-refractivity contribution < 1.29 is 4.79 Å². The lowest BCUT2D eigenvalue weighted by molar-refractivity contribution is -0.117. The van der Waals surface area contributed by atoms with E-state index in [2.05, 4.69) is 10.2 Å². The molecule has 23 heavy (non-hydrogen) atoms. The maximum atomic E-state index is 11.9. The van der Waals surface area contributed by atoms with Crippen molar-refractivity contribution in [3.05, 3.63) is 72.1 Å². The van der Waals surface area contributed by atoms with Crippen molar-refractivity contribution >= 4 is 17.7 Å². The Morgan fingerprint density at radius 2 is 1.65 bits per heavy atom. The Morgan fingerprint density at radius 3 is 2.26 bits per heavy atom. The van der Waals surface area contributed by atoms with Gasteiger partial charge in [0.15, 0.2) is 5.16 Å². The summed E-state index contributed by atoms with van der Waals surface area (Å²) in [4.78, 5) is 11.9. The van der Waals surface area contributed by atoms with E-state index in [0.717, 1.165) is 17.1 Å². The van der Waals surface area contributed by atoms with Gasteiger partial charge in [-0.2, -0.15) is 0 Å². The quantitative estimate of drug-likeness (QED) is 0.732. The SMILES string of the molecule is Cc1nnc(SC(C(N)=O)c2ccccc2)n1-c1ccccc1. The van der Waals surface area contributed by atoms with Gasteiger partial charge in [-0.3, -0.25) is 9.36 Å². The average molecular weight is 324 g/mol. The van der Waals surface area contributed by atoms with E-state index < -0.39 is 11.2 Å². The molecule has 0 aliphatic carbocycles. The van der Waals surface area contributed by atoms with Crippen LogP contribution >= 0.6 is 11.8 Å². The van der Waals surface area contributed by atoms with Crippen LogP contribution in [0.1, 0.15) is 16.6 Å². The molecule has 2 aromatic carbocycles. The van der Waals surface area contributed by atoms with Crippen LogP contribution in [-0.4, -0.2) is 20.7 Å². The third kappa shape index (κ3) is 3.27. The standard InChI is InChI=1S/C17H16N4OS/c1-12-19-20-17(21(12)14-10-6-3-7-11-14)23-15(16(18)22)13-8-4-2-5-9-13/h2-11,15H,1H3,(H2,18,22). The monoisotopic (exact) mass is 324 g/mol. The highest BCUT2D eigenvalue weighted by molar-refractivity contribution is 8.00. The number of carbonyl (C=O) groups excluding carboxylic acids is 1. The minimum Gasteiger partial charge on any atom is -0.368 e. The second-order valence-electron chi connectivity index (χ2n) is 5.01. The number of aryl methyl sites for hydroxylation is 1. The van der Waals surface area contributed by atoms with Gasteiger partial charge in [0.2, 0.25) is 5.91 Å². The van der Waals surface area contributed by atoms with Crippen LogP contribution in [0.15, 0.2) is 65.8 Å². The predicted octanol–water partition coefficient (Wildman–Crippen LogP) is 2.89. The number of hydrogen-bond acceptors (Lipinski definition) is 4. The van der Waals surface area contributed by atoms with Gasteiger partial charge in [0.25, 0.3) is 0 Å². The van der Waals surface area contributed by atoms with Crippen LogP contribution in [0.25, 0.3) is 5.69 Å². The first-order valence-electron chi connectivity index (χ1n) is 7.15. The third-order valence-corrected chi connectivity index (χ3v) is 4.61. The van der Waals surface area contributed by atoms with Gasteiger partial charge in [-0.05, 0) is 24.6 Å². The zero-order chi connectivity index (χ0) is 16.2. The summed E-state index contributed by atoms with van der Waals surface area (Å²) in [6.07, 6.45) is 0. The number of amides is 1. The summed E-state index contributed by atoms with van der Waals surface area (Å²) >= 11 is 1.31. The lowest BCUT2D eigenvalue weighted by Gasteiger charge is -2.14. The zero-order valence-electron chi connectivity index (χ0n) is 12.6. The molecule has 0 bridgehead atoms. The Bertz CT molecular complexity index is 802. The van der Waals surface area contributed by atoms with E-state index in [1.54, 1.807) is 0 Å². The number of carbonyl (C=O) groups is 1. The van der Waals surface area contributed by atoms with Crippen LogP contribution in [0.4, 0.5) is 0 Å². The second kappa shape index (κ2) is 6.66. The van der Waals surface area contributed by atoms with E-state index in [-0.39, 0.29) is 0 Å². The number of primary amides is 1. The molecular formula is C17H16N4OS. The van der Waals surface area contributed by atoms with Gasteiger partial charge in [0.1, 0.15) is 11.1 Å². The van der Waals surface area contributed by atoms with Crippen LogP contribution in [0.5, 0.6) is 0 Å². The molecule has 1 atom stereocenters. The second-order valence-corrected chi connectivity index (χ2v) is 6.08. The maximum Gasteiger partial charge on any atom is 0.235 e. The van der Waals surface area contributed by atoms with Gasteiger partial charge in [-0.15, -0.1) is 10.2 Å². The van der Waals surface area contributed by atoms with Crippen molar-refractivity contribution in [2.45, 2.75) is 17.3 Å². The van der Waals surface area contributed by atoms with E-state index >= 15 is 0 Å². The lowest BCUT2D eigenvalue weighted by Crippen LogP contribution is -2.19. The van der Waals surface area contributed by atoms with Crippen molar-refractivity contribution in [1.82, 2.24) is 14.8 Å². The number of benzene rings is 2. The van der Waals surface area contributed by atoms with Crippen molar-refractivity contribution in [2.75, 3.05) is 0 Å². The fourth-order valence-corrected chi connectivity index (χ4v) is 3.37. The van der Waals surface area contributed by atoms with E-state index in [9.17, 15) is 4.79 Å². The Balaban J connectivity index is 1.98. The van der Waals surface area contributed by atoms with Crippen molar-refractivity contribution in [3.8, 4) is 5.69 Å². The molecule has 2 N–H and O–H groups in total. The summed E-state index contributed by atoms with van der Waals surface area (Å²) in [6.45, 7) is 1.88. The number of rotatable bonds is 5. The molecular weight excluding hydrogens is 308 g/mol.